The zero-order valence-electron chi connectivity index (χ0n) is 11.4. The Hall–Kier alpha value is -0.570. The summed E-state index contributed by atoms with van der Waals surface area (Å²) in [5.41, 5.74) is 5.72. The molecule has 0 saturated heterocycles. The Balaban J connectivity index is 2.26. The summed E-state index contributed by atoms with van der Waals surface area (Å²) < 4.78 is 0. The van der Waals surface area contributed by atoms with E-state index in [-0.39, 0.29) is 5.91 Å². The number of nitrogens with two attached hydrogens (primary N) is 1. The summed E-state index contributed by atoms with van der Waals surface area (Å²) in [7, 11) is 0. The highest BCUT2D eigenvalue weighted by molar-refractivity contribution is 5.76. The molecule has 100 valence electrons. The lowest BCUT2D eigenvalue weighted by Crippen LogP contribution is -2.37. The maximum absolute atomic E-state index is 11.9. The normalized spacial score (nSPS) is 19.3. The van der Waals surface area contributed by atoms with Crippen LogP contribution in [0.5, 0.6) is 0 Å². The minimum Gasteiger partial charge on any atom is -0.353 e. The van der Waals surface area contributed by atoms with Gasteiger partial charge in [-0.3, -0.25) is 4.79 Å². The standard InChI is InChI=1S/C14H28N2O/c1-11(2)8-12(10-15)9-14(17)16-13-6-4-3-5-7-13/h11-13H,3-10,15H2,1-2H3,(H,16,17). The van der Waals surface area contributed by atoms with Gasteiger partial charge in [-0.25, -0.2) is 0 Å². The summed E-state index contributed by atoms with van der Waals surface area (Å²) in [6.45, 7) is 4.99. The van der Waals surface area contributed by atoms with Crippen molar-refractivity contribution in [2.24, 2.45) is 17.6 Å². The van der Waals surface area contributed by atoms with Gasteiger partial charge in [-0.15, -0.1) is 0 Å². The SMILES string of the molecule is CC(C)CC(CN)CC(=O)NC1CCCCC1. The minimum atomic E-state index is 0.202. The largest absolute Gasteiger partial charge is 0.353 e. The molecule has 1 fully saturated rings. The van der Waals surface area contributed by atoms with Crippen molar-refractivity contribution in [1.29, 1.82) is 0 Å². The van der Waals surface area contributed by atoms with E-state index in [9.17, 15) is 4.79 Å². The van der Waals surface area contributed by atoms with E-state index in [1.807, 2.05) is 0 Å². The number of carbonyl (C=O) groups is 1. The van der Waals surface area contributed by atoms with E-state index in [1.54, 1.807) is 0 Å². The van der Waals surface area contributed by atoms with Gasteiger partial charge >= 0.3 is 0 Å². The first kappa shape index (κ1) is 14.5. The quantitative estimate of drug-likeness (QED) is 0.749. The van der Waals surface area contributed by atoms with Crippen LogP contribution in [0.2, 0.25) is 0 Å². The highest BCUT2D eigenvalue weighted by Gasteiger charge is 2.18. The fourth-order valence-electron chi connectivity index (χ4n) is 2.73. The monoisotopic (exact) mass is 240 g/mol. The van der Waals surface area contributed by atoms with Crippen LogP contribution in [0.15, 0.2) is 0 Å². The molecule has 0 aromatic carbocycles. The molecule has 3 N–H and O–H groups in total. The van der Waals surface area contributed by atoms with Crippen LogP contribution in [0.3, 0.4) is 0 Å². The lowest BCUT2D eigenvalue weighted by molar-refractivity contribution is -0.123. The Labute approximate surface area is 106 Å². The van der Waals surface area contributed by atoms with Gasteiger partial charge in [-0.2, -0.15) is 0 Å². The number of amides is 1. The molecule has 0 aromatic heterocycles. The van der Waals surface area contributed by atoms with Gasteiger partial charge in [0.2, 0.25) is 5.91 Å². The predicted octanol–water partition coefficient (Wildman–Crippen LogP) is 2.45. The van der Waals surface area contributed by atoms with Crippen LogP contribution < -0.4 is 11.1 Å². The molecular weight excluding hydrogens is 212 g/mol. The Morgan fingerprint density at radius 3 is 2.47 bits per heavy atom. The highest BCUT2D eigenvalue weighted by atomic mass is 16.1. The summed E-state index contributed by atoms with van der Waals surface area (Å²) in [6, 6.07) is 0.425. The summed E-state index contributed by atoms with van der Waals surface area (Å²) in [5, 5.41) is 3.16. The molecule has 1 aliphatic rings. The molecule has 0 bridgehead atoms. The van der Waals surface area contributed by atoms with Crippen molar-refractivity contribution in [2.75, 3.05) is 6.54 Å². The van der Waals surface area contributed by atoms with Crippen LogP contribution in [0, 0.1) is 11.8 Å². The van der Waals surface area contributed by atoms with Gasteiger partial charge in [-0.05, 0) is 37.6 Å². The van der Waals surface area contributed by atoms with Gasteiger partial charge in [-0.1, -0.05) is 33.1 Å². The lowest BCUT2D eigenvalue weighted by Gasteiger charge is -2.24. The minimum absolute atomic E-state index is 0.202. The van der Waals surface area contributed by atoms with Crippen molar-refractivity contribution in [2.45, 2.75) is 64.8 Å². The van der Waals surface area contributed by atoms with E-state index >= 15 is 0 Å². The molecule has 1 unspecified atom stereocenters. The van der Waals surface area contributed by atoms with E-state index in [4.69, 9.17) is 5.73 Å². The van der Waals surface area contributed by atoms with Gasteiger partial charge in [0.05, 0.1) is 0 Å². The van der Waals surface area contributed by atoms with E-state index < -0.39 is 0 Å². The van der Waals surface area contributed by atoms with Gasteiger partial charge in [0, 0.05) is 12.5 Å². The Morgan fingerprint density at radius 2 is 1.94 bits per heavy atom. The van der Waals surface area contributed by atoms with Crippen LogP contribution in [0.1, 0.15) is 58.8 Å². The van der Waals surface area contributed by atoms with Gasteiger partial charge < -0.3 is 11.1 Å². The summed E-state index contributed by atoms with van der Waals surface area (Å²) >= 11 is 0. The number of rotatable bonds is 6. The number of hydrogen-bond donors (Lipinski definition) is 2. The molecule has 0 heterocycles. The highest BCUT2D eigenvalue weighted by Crippen LogP contribution is 2.18. The topological polar surface area (TPSA) is 55.1 Å². The molecule has 1 amide bonds. The van der Waals surface area contributed by atoms with Gasteiger partial charge in [0.1, 0.15) is 0 Å². The molecule has 17 heavy (non-hydrogen) atoms. The van der Waals surface area contributed by atoms with E-state index in [0.717, 1.165) is 19.3 Å². The molecule has 0 aliphatic heterocycles. The maximum atomic E-state index is 11.9. The summed E-state index contributed by atoms with van der Waals surface area (Å²) in [5.74, 6) is 1.16. The van der Waals surface area contributed by atoms with Crippen molar-refractivity contribution >= 4 is 5.91 Å². The first-order valence-electron chi connectivity index (χ1n) is 7.11. The van der Waals surface area contributed by atoms with Crippen molar-refractivity contribution in [3.63, 3.8) is 0 Å². The van der Waals surface area contributed by atoms with E-state index in [0.29, 0.717) is 30.8 Å². The van der Waals surface area contributed by atoms with E-state index in [1.165, 1.54) is 19.3 Å². The Kier molecular flexibility index (Phi) is 6.56. The smallest absolute Gasteiger partial charge is 0.220 e. The number of carbonyl (C=O) groups excluding carboxylic acids is 1. The Morgan fingerprint density at radius 1 is 1.29 bits per heavy atom. The summed E-state index contributed by atoms with van der Waals surface area (Å²) in [6.07, 6.45) is 7.81. The maximum Gasteiger partial charge on any atom is 0.220 e. The van der Waals surface area contributed by atoms with Crippen molar-refractivity contribution in [1.82, 2.24) is 5.32 Å². The molecule has 0 spiro atoms. The second-order valence-corrected chi connectivity index (χ2v) is 5.84. The molecular formula is C14H28N2O. The summed E-state index contributed by atoms with van der Waals surface area (Å²) in [4.78, 5) is 11.9. The molecule has 1 saturated carbocycles. The zero-order valence-corrected chi connectivity index (χ0v) is 11.4. The molecule has 3 nitrogen and oxygen atoms in total. The second kappa shape index (κ2) is 7.70. The zero-order chi connectivity index (χ0) is 12.7. The third-order valence-electron chi connectivity index (χ3n) is 3.58. The predicted molar refractivity (Wildman–Crippen MR) is 71.6 cm³/mol. The first-order valence-corrected chi connectivity index (χ1v) is 7.11. The number of nitrogens with one attached hydrogen (secondary N) is 1. The third kappa shape index (κ3) is 6.06. The second-order valence-electron chi connectivity index (χ2n) is 5.84. The van der Waals surface area contributed by atoms with Gasteiger partial charge in [0.15, 0.2) is 0 Å². The van der Waals surface area contributed by atoms with Crippen molar-refractivity contribution in [3.05, 3.63) is 0 Å². The molecule has 0 aromatic rings. The molecule has 1 atom stereocenters. The fraction of sp³-hybridized carbons (Fsp3) is 0.929. The first-order chi connectivity index (χ1) is 8.11. The Bertz CT molecular complexity index is 222. The van der Waals surface area contributed by atoms with Crippen molar-refractivity contribution in [3.8, 4) is 0 Å². The van der Waals surface area contributed by atoms with Gasteiger partial charge in [0.25, 0.3) is 0 Å². The van der Waals surface area contributed by atoms with Crippen LogP contribution in [-0.4, -0.2) is 18.5 Å². The lowest BCUT2D eigenvalue weighted by atomic mass is 9.92. The number of hydrogen-bond acceptors (Lipinski definition) is 2. The van der Waals surface area contributed by atoms with Crippen LogP contribution >= 0.6 is 0 Å². The molecule has 1 aliphatic carbocycles. The van der Waals surface area contributed by atoms with E-state index in [2.05, 4.69) is 19.2 Å². The van der Waals surface area contributed by atoms with Crippen LogP contribution in [0.25, 0.3) is 0 Å². The average molecular weight is 240 g/mol. The third-order valence-corrected chi connectivity index (χ3v) is 3.58. The van der Waals surface area contributed by atoms with Crippen LogP contribution in [-0.2, 0) is 4.79 Å². The van der Waals surface area contributed by atoms with Crippen molar-refractivity contribution < 1.29 is 4.79 Å². The molecule has 1 rings (SSSR count). The average Bonchev–Trinajstić information content (AvgIpc) is 2.28. The molecule has 0 radical (unpaired) electrons. The molecule has 3 heteroatoms. The fourth-order valence-corrected chi connectivity index (χ4v) is 2.73. The van der Waals surface area contributed by atoms with Crippen LogP contribution in [0.4, 0.5) is 0 Å².